The molecule has 2 aromatic carbocycles. The number of hydrogen-bond acceptors (Lipinski definition) is 3. The molecule has 0 amide bonds. The van der Waals surface area contributed by atoms with Gasteiger partial charge in [-0.1, -0.05) is 60.4 Å². The van der Waals surface area contributed by atoms with Crippen molar-refractivity contribution in [3.63, 3.8) is 0 Å². The summed E-state index contributed by atoms with van der Waals surface area (Å²) in [5.74, 6) is 6.89. The molecule has 0 spiro atoms. The second-order valence-corrected chi connectivity index (χ2v) is 4.66. The minimum absolute atomic E-state index is 0.259. The Morgan fingerprint density at radius 2 is 1.68 bits per heavy atom. The van der Waals surface area contributed by atoms with Crippen LogP contribution in [0.25, 0.3) is 0 Å². The summed E-state index contributed by atoms with van der Waals surface area (Å²) in [7, 11) is 1.57. The molecule has 1 atom stereocenters. The molecule has 0 bridgehead atoms. The van der Waals surface area contributed by atoms with Crippen LogP contribution in [-0.4, -0.2) is 22.1 Å². The minimum atomic E-state index is -0.259. The predicted molar refractivity (Wildman–Crippen MR) is 84.5 cm³/mol. The molecule has 1 unspecified atom stereocenters. The van der Waals surface area contributed by atoms with Crippen molar-refractivity contribution >= 4 is 0 Å². The van der Waals surface area contributed by atoms with E-state index in [4.69, 9.17) is 4.74 Å². The van der Waals surface area contributed by atoms with Crippen LogP contribution in [0.3, 0.4) is 0 Å². The minimum Gasteiger partial charge on any atom is -0.479 e. The first-order valence-corrected chi connectivity index (χ1v) is 6.94. The van der Waals surface area contributed by atoms with Gasteiger partial charge in [0.05, 0.1) is 7.11 Å². The number of rotatable bonds is 3. The third kappa shape index (κ3) is 3.15. The van der Waals surface area contributed by atoms with E-state index in [1.807, 2.05) is 60.7 Å². The molecule has 0 aliphatic rings. The summed E-state index contributed by atoms with van der Waals surface area (Å²) in [4.78, 5) is 1.57. The van der Waals surface area contributed by atoms with Crippen molar-refractivity contribution in [1.29, 1.82) is 0 Å². The molecule has 0 fully saturated rings. The number of benzene rings is 2. The van der Waals surface area contributed by atoms with Crippen LogP contribution >= 0.6 is 0 Å². The van der Waals surface area contributed by atoms with E-state index in [0.29, 0.717) is 5.88 Å². The van der Waals surface area contributed by atoms with Crippen LogP contribution in [0.1, 0.15) is 17.2 Å². The highest BCUT2D eigenvalue weighted by Crippen LogP contribution is 2.17. The summed E-state index contributed by atoms with van der Waals surface area (Å²) in [6, 6.07) is 19.6. The Bertz CT molecular complexity index is 785. The van der Waals surface area contributed by atoms with Gasteiger partial charge in [0.15, 0.2) is 6.04 Å². The molecule has 0 saturated carbocycles. The van der Waals surface area contributed by atoms with Gasteiger partial charge < -0.3 is 4.74 Å². The molecule has 108 valence electrons. The zero-order valence-electron chi connectivity index (χ0n) is 12.2. The maximum atomic E-state index is 5.10. The van der Waals surface area contributed by atoms with Crippen molar-refractivity contribution in [2.24, 2.45) is 0 Å². The molecule has 0 N–H and O–H groups in total. The number of ether oxygens (including phenoxy) is 1. The monoisotopic (exact) mass is 289 g/mol. The molecule has 0 aliphatic heterocycles. The SMILES string of the molecule is COc1cnn(C(C#Cc2ccccc2)c2ccccc2)n1. The molecule has 1 heterocycles. The van der Waals surface area contributed by atoms with E-state index in [1.54, 1.807) is 18.1 Å². The zero-order valence-corrected chi connectivity index (χ0v) is 12.2. The number of aromatic nitrogens is 3. The number of hydrogen-bond donors (Lipinski definition) is 0. The van der Waals surface area contributed by atoms with Gasteiger partial charge in [-0.15, -0.1) is 5.10 Å². The summed E-state index contributed by atoms with van der Waals surface area (Å²) in [5.41, 5.74) is 1.99. The van der Waals surface area contributed by atoms with Crippen LogP contribution < -0.4 is 4.74 Å². The molecule has 1 aromatic heterocycles. The molecule has 0 radical (unpaired) electrons. The first kappa shape index (κ1) is 13.9. The quantitative estimate of drug-likeness (QED) is 0.696. The Hall–Kier alpha value is -3.06. The fourth-order valence-electron chi connectivity index (χ4n) is 2.06. The van der Waals surface area contributed by atoms with E-state index in [1.165, 1.54) is 0 Å². The lowest BCUT2D eigenvalue weighted by Crippen LogP contribution is -2.12. The van der Waals surface area contributed by atoms with Crippen molar-refractivity contribution in [2.75, 3.05) is 7.11 Å². The summed E-state index contributed by atoms with van der Waals surface area (Å²) in [6.07, 6.45) is 1.58. The highest BCUT2D eigenvalue weighted by atomic mass is 16.5. The van der Waals surface area contributed by atoms with Gasteiger partial charge in [0.25, 0.3) is 5.88 Å². The van der Waals surface area contributed by atoms with Crippen LogP contribution in [0, 0.1) is 11.8 Å². The normalized spacial score (nSPS) is 11.3. The molecule has 4 nitrogen and oxygen atoms in total. The highest BCUT2D eigenvalue weighted by molar-refractivity contribution is 5.37. The first-order chi connectivity index (χ1) is 10.9. The van der Waals surface area contributed by atoms with Crippen molar-refractivity contribution in [3.05, 3.63) is 78.0 Å². The van der Waals surface area contributed by atoms with Crippen LogP contribution in [0.2, 0.25) is 0 Å². The lowest BCUT2D eigenvalue weighted by molar-refractivity contribution is 0.386. The van der Waals surface area contributed by atoms with E-state index in [2.05, 4.69) is 22.0 Å². The molecule has 0 aliphatic carbocycles. The summed E-state index contributed by atoms with van der Waals surface area (Å²) >= 11 is 0. The molecule has 22 heavy (non-hydrogen) atoms. The molecule has 4 heteroatoms. The van der Waals surface area contributed by atoms with E-state index >= 15 is 0 Å². The first-order valence-electron chi connectivity index (χ1n) is 6.94. The van der Waals surface area contributed by atoms with Crippen LogP contribution in [0.5, 0.6) is 5.88 Å². The van der Waals surface area contributed by atoms with Crippen molar-refractivity contribution in [3.8, 4) is 17.7 Å². The number of nitrogens with zero attached hydrogens (tertiary/aromatic N) is 3. The topological polar surface area (TPSA) is 39.9 Å². The van der Waals surface area contributed by atoms with Gasteiger partial charge in [-0.2, -0.15) is 9.90 Å². The second-order valence-electron chi connectivity index (χ2n) is 4.66. The summed E-state index contributed by atoms with van der Waals surface area (Å²) in [6.45, 7) is 0. The summed E-state index contributed by atoms with van der Waals surface area (Å²) < 4.78 is 5.10. The average Bonchev–Trinajstić information content (AvgIpc) is 3.06. The third-order valence-corrected chi connectivity index (χ3v) is 3.17. The van der Waals surface area contributed by atoms with Gasteiger partial charge >= 0.3 is 0 Å². The van der Waals surface area contributed by atoms with Crippen molar-refractivity contribution in [1.82, 2.24) is 15.0 Å². The van der Waals surface area contributed by atoms with Gasteiger partial charge in [-0.3, -0.25) is 0 Å². The molecular weight excluding hydrogens is 274 g/mol. The van der Waals surface area contributed by atoms with Gasteiger partial charge in [0.1, 0.15) is 6.20 Å². The Labute approximate surface area is 129 Å². The Kier molecular flexibility index (Phi) is 4.17. The maximum Gasteiger partial charge on any atom is 0.253 e. The van der Waals surface area contributed by atoms with E-state index < -0.39 is 0 Å². The van der Waals surface area contributed by atoms with Gasteiger partial charge in [0.2, 0.25) is 0 Å². The molecule has 3 rings (SSSR count). The lowest BCUT2D eigenvalue weighted by Gasteiger charge is -2.09. The Morgan fingerprint density at radius 3 is 2.32 bits per heavy atom. The lowest BCUT2D eigenvalue weighted by atomic mass is 10.1. The highest BCUT2D eigenvalue weighted by Gasteiger charge is 2.13. The van der Waals surface area contributed by atoms with Gasteiger partial charge in [-0.05, 0) is 17.7 Å². The fourth-order valence-corrected chi connectivity index (χ4v) is 2.06. The smallest absolute Gasteiger partial charge is 0.253 e. The molecule has 3 aromatic rings. The molecular formula is C18H15N3O. The fraction of sp³-hybridized carbons (Fsp3) is 0.111. The van der Waals surface area contributed by atoms with Crippen molar-refractivity contribution in [2.45, 2.75) is 6.04 Å². The Balaban J connectivity index is 1.99. The van der Waals surface area contributed by atoms with Crippen molar-refractivity contribution < 1.29 is 4.74 Å². The second kappa shape index (κ2) is 6.59. The molecule has 0 saturated heterocycles. The maximum absolute atomic E-state index is 5.10. The Morgan fingerprint density at radius 1 is 1.00 bits per heavy atom. The third-order valence-electron chi connectivity index (χ3n) is 3.17. The number of methoxy groups -OCH3 is 1. The standard InChI is InChI=1S/C18H15N3O/c1-22-18-14-19-21(20-18)17(16-10-6-3-7-11-16)13-12-15-8-4-2-5-9-15/h2-11,14,17H,1H3. The van der Waals surface area contributed by atoms with E-state index in [0.717, 1.165) is 11.1 Å². The van der Waals surface area contributed by atoms with Crippen LogP contribution in [0.15, 0.2) is 66.9 Å². The van der Waals surface area contributed by atoms with Gasteiger partial charge in [0, 0.05) is 5.56 Å². The summed E-state index contributed by atoms with van der Waals surface area (Å²) in [5, 5.41) is 8.55. The predicted octanol–water partition coefficient (Wildman–Crippen LogP) is 2.93. The van der Waals surface area contributed by atoms with E-state index in [-0.39, 0.29) is 6.04 Å². The van der Waals surface area contributed by atoms with Gasteiger partial charge in [-0.25, -0.2) is 0 Å². The van der Waals surface area contributed by atoms with Crippen LogP contribution in [-0.2, 0) is 0 Å². The van der Waals surface area contributed by atoms with Crippen LogP contribution in [0.4, 0.5) is 0 Å². The van der Waals surface area contributed by atoms with E-state index in [9.17, 15) is 0 Å². The largest absolute Gasteiger partial charge is 0.479 e. The zero-order chi connectivity index (χ0) is 15.2. The average molecular weight is 289 g/mol.